The average Bonchev–Trinajstić information content (AvgIpc) is 2.44. The highest BCUT2D eigenvalue weighted by atomic mass is 19.4. The molecule has 3 nitrogen and oxygen atoms in total. The lowest BCUT2D eigenvalue weighted by atomic mass is 9.75. The molecule has 10 heteroatoms. The Morgan fingerprint density at radius 3 is 2.09 bits per heavy atom. The molecular weight excluding hydrogens is 327 g/mol. The van der Waals surface area contributed by atoms with Crippen LogP contribution in [0.25, 0.3) is 11.1 Å². The van der Waals surface area contributed by atoms with E-state index in [0.29, 0.717) is 18.3 Å². The fourth-order valence-electron chi connectivity index (χ4n) is 2.06. The van der Waals surface area contributed by atoms with Crippen LogP contribution in [0.15, 0.2) is 36.5 Å². The molecular formula is C13H8BF6NO2. The zero-order valence-corrected chi connectivity index (χ0v) is 11.2. The maximum atomic E-state index is 13.1. The van der Waals surface area contributed by atoms with Gasteiger partial charge in [0.1, 0.15) is 0 Å². The highest BCUT2D eigenvalue weighted by Gasteiger charge is 2.38. The third kappa shape index (κ3) is 3.65. The zero-order chi connectivity index (χ0) is 17.4. The second kappa shape index (κ2) is 5.86. The molecule has 122 valence electrons. The number of benzene rings is 1. The van der Waals surface area contributed by atoms with E-state index >= 15 is 0 Å². The third-order valence-electron chi connectivity index (χ3n) is 3.01. The minimum absolute atomic E-state index is 0.469. The summed E-state index contributed by atoms with van der Waals surface area (Å²) in [6, 6.07) is 4.03. The first-order valence-electron chi connectivity index (χ1n) is 6.11. The number of aromatic nitrogens is 1. The van der Waals surface area contributed by atoms with Crippen LogP contribution in [-0.4, -0.2) is 22.2 Å². The molecule has 1 aromatic heterocycles. The normalized spacial score (nSPS) is 12.3. The van der Waals surface area contributed by atoms with Gasteiger partial charge in [-0.3, -0.25) is 4.98 Å². The Hall–Kier alpha value is -2.07. The molecule has 0 spiro atoms. The quantitative estimate of drug-likeness (QED) is 0.655. The van der Waals surface area contributed by atoms with Gasteiger partial charge in [0.15, 0.2) is 5.69 Å². The van der Waals surface area contributed by atoms with Gasteiger partial charge in [-0.05, 0) is 29.2 Å². The Morgan fingerprint density at radius 2 is 1.57 bits per heavy atom. The van der Waals surface area contributed by atoms with Crippen molar-refractivity contribution in [3.05, 3.63) is 47.8 Å². The van der Waals surface area contributed by atoms with Crippen LogP contribution in [0.4, 0.5) is 26.3 Å². The molecule has 0 unspecified atom stereocenters. The molecule has 0 bridgehead atoms. The van der Waals surface area contributed by atoms with Gasteiger partial charge in [-0.1, -0.05) is 12.1 Å². The van der Waals surface area contributed by atoms with Crippen LogP contribution in [0.1, 0.15) is 11.3 Å². The largest absolute Gasteiger partial charge is 0.489 e. The van der Waals surface area contributed by atoms with Gasteiger partial charge in [0.25, 0.3) is 0 Å². The molecule has 1 heterocycles. The van der Waals surface area contributed by atoms with Crippen molar-refractivity contribution in [1.29, 1.82) is 0 Å². The standard InChI is InChI=1S/C13H8BF6NO2/c15-12(16,17)8-3-1-2-7(6-8)10-9(14(22)23)4-5-21-11(10)13(18,19)20/h1-6,22-23H. The first-order chi connectivity index (χ1) is 10.5. The van der Waals surface area contributed by atoms with Crippen LogP contribution in [0.5, 0.6) is 0 Å². The number of hydrogen-bond donors (Lipinski definition) is 2. The summed E-state index contributed by atoms with van der Waals surface area (Å²) in [5.41, 5.74) is -4.52. The number of pyridine rings is 1. The average molecular weight is 335 g/mol. The lowest BCUT2D eigenvalue weighted by molar-refractivity contribution is -0.140. The fraction of sp³-hybridized carbons (Fsp3) is 0.154. The van der Waals surface area contributed by atoms with Crippen molar-refractivity contribution < 1.29 is 36.4 Å². The SMILES string of the molecule is OB(O)c1ccnc(C(F)(F)F)c1-c1cccc(C(F)(F)F)c1. The molecule has 0 saturated carbocycles. The van der Waals surface area contributed by atoms with Gasteiger partial charge in [-0.25, -0.2) is 0 Å². The summed E-state index contributed by atoms with van der Waals surface area (Å²) in [5, 5.41) is 18.4. The highest BCUT2D eigenvalue weighted by Crippen LogP contribution is 2.37. The van der Waals surface area contributed by atoms with Crippen LogP contribution < -0.4 is 5.46 Å². The number of nitrogens with zero attached hydrogens (tertiary/aromatic N) is 1. The van der Waals surface area contributed by atoms with E-state index in [2.05, 4.69) is 4.98 Å². The molecule has 0 saturated heterocycles. The second-order valence-electron chi connectivity index (χ2n) is 4.57. The molecule has 0 amide bonds. The van der Waals surface area contributed by atoms with Gasteiger partial charge in [-0.2, -0.15) is 26.3 Å². The van der Waals surface area contributed by atoms with Gasteiger partial charge in [0, 0.05) is 11.8 Å². The second-order valence-corrected chi connectivity index (χ2v) is 4.57. The number of halogens is 6. The highest BCUT2D eigenvalue weighted by molar-refractivity contribution is 6.60. The van der Waals surface area contributed by atoms with Crippen molar-refractivity contribution in [3.63, 3.8) is 0 Å². The Morgan fingerprint density at radius 1 is 0.913 bits per heavy atom. The van der Waals surface area contributed by atoms with E-state index < -0.39 is 47.3 Å². The van der Waals surface area contributed by atoms with Gasteiger partial charge in [0.05, 0.1) is 5.56 Å². The Labute approximate surface area is 126 Å². The van der Waals surface area contributed by atoms with Crippen LogP contribution in [0.2, 0.25) is 0 Å². The lowest BCUT2D eigenvalue weighted by Crippen LogP contribution is -2.34. The topological polar surface area (TPSA) is 53.4 Å². The molecule has 0 aliphatic heterocycles. The van der Waals surface area contributed by atoms with E-state index in [4.69, 9.17) is 0 Å². The first-order valence-corrected chi connectivity index (χ1v) is 6.11. The zero-order valence-electron chi connectivity index (χ0n) is 11.2. The van der Waals surface area contributed by atoms with Crippen molar-refractivity contribution in [3.8, 4) is 11.1 Å². The van der Waals surface area contributed by atoms with E-state index in [0.717, 1.165) is 18.2 Å². The van der Waals surface area contributed by atoms with E-state index in [1.165, 1.54) is 0 Å². The minimum Gasteiger partial charge on any atom is -0.423 e. The molecule has 0 fully saturated rings. The summed E-state index contributed by atoms with van der Waals surface area (Å²) >= 11 is 0. The molecule has 2 rings (SSSR count). The van der Waals surface area contributed by atoms with Crippen LogP contribution in [-0.2, 0) is 12.4 Å². The molecule has 23 heavy (non-hydrogen) atoms. The Bertz CT molecular complexity index is 714. The van der Waals surface area contributed by atoms with Crippen LogP contribution in [0.3, 0.4) is 0 Å². The predicted octanol–water partition coefficient (Wildman–Crippen LogP) is 2.47. The molecule has 0 atom stereocenters. The summed E-state index contributed by atoms with van der Waals surface area (Å²) in [5.74, 6) is 0. The molecule has 2 aromatic rings. The van der Waals surface area contributed by atoms with E-state index in [1.807, 2.05) is 0 Å². The van der Waals surface area contributed by atoms with Gasteiger partial charge < -0.3 is 10.0 Å². The lowest BCUT2D eigenvalue weighted by Gasteiger charge is -2.17. The summed E-state index contributed by atoms with van der Waals surface area (Å²) in [6.45, 7) is 0. The van der Waals surface area contributed by atoms with Crippen molar-refractivity contribution in [1.82, 2.24) is 4.98 Å². The summed E-state index contributed by atoms with van der Waals surface area (Å²) < 4.78 is 77.4. The molecule has 0 aliphatic carbocycles. The van der Waals surface area contributed by atoms with Crippen molar-refractivity contribution in [2.24, 2.45) is 0 Å². The van der Waals surface area contributed by atoms with Crippen LogP contribution in [0, 0.1) is 0 Å². The van der Waals surface area contributed by atoms with E-state index in [9.17, 15) is 36.4 Å². The Kier molecular flexibility index (Phi) is 4.40. The number of rotatable bonds is 2. The van der Waals surface area contributed by atoms with Crippen molar-refractivity contribution in [2.75, 3.05) is 0 Å². The van der Waals surface area contributed by atoms with Crippen LogP contribution >= 0.6 is 0 Å². The van der Waals surface area contributed by atoms with Crippen molar-refractivity contribution >= 4 is 12.6 Å². The minimum atomic E-state index is -4.98. The summed E-state index contributed by atoms with van der Waals surface area (Å²) in [6.07, 6.45) is -9.03. The molecule has 2 N–H and O–H groups in total. The number of hydrogen-bond acceptors (Lipinski definition) is 3. The smallest absolute Gasteiger partial charge is 0.423 e. The fourth-order valence-corrected chi connectivity index (χ4v) is 2.06. The van der Waals surface area contributed by atoms with Gasteiger partial charge in [0.2, 0.25) is 0 Å². The summed E-state index contributed by atoms with van der Waals surface area (Å²) in [4.78, 5) is 3.13. The first kappa shape index (κ1) is 17.3. The van der Waals surface area contributed by atoms with Gasteiger partial charge in [-0.15, -0.1) is 0 Å². The van der Waals surface area contributed by atoms with E-state index in [-0.39, 0.29) is 0 Å². The van der Waals surface area contributed by atoms with Crippen molar-refractivity contribution in [2.45, 2.75) is 12.4 Å². The maximum Gasteiger partial charge on any atom is 0.489 e. The third-order valence-corrected chi connectivity index (χ3v) is 3.01. The molecule has 1 aromatic carbocycles. The van der Waals surface area contributed by atoms with Gasteiger partial charge >= 0.3 is 19.5 Å². The Balaban J connectivity index is 2.76. The predicted molar refractivity (Wildman–Crippen MR) is 69.5 cm³/mol. The summed E-state index contributed by atoms with van der Waals surface area (Å²) in [7, 11) is -2.30. The molecule has 0 aliphatic rings. The monoisotopic (exact) mass is 335 g/mol. The van der Waals surface area contributed by atoms with E-state index in [1.54, 1.807) is 0 Å². The number of alkyl halides is 6. The molecule has 0 radical (unpaired) electrons. The maximum absolute atomic E-state index is 13.1.